The summed E-state index contributed by atoms with van der Waals surface area (Å²) in [7, 11) is 0. The lowest BCUT2D eigenvalue weighted by molar-refractivity contribution is 0.198. The molecule has 2 rings (SSSR count). The van der Waals surface area contributed by atoms with Gasteiger partial charge in [0.2, 0.25) is 0 Å². The van der Waals surface area contributed by atoms with Crippen LogP contribution in [0.1, 0.15) is 44.3 Å². The Balaban J connectivity index is 1.64. The number of aliphatic hydroxyl groups is 1. The van der Waals surface area contributed by atoms with Gasteiger partial charge in [-0.1, -0.05) is 18.6 Å². The second-order valence-electron chi connectivity index (χ2n) is 5.35. The number of aliphatic hydroxyl groups excluding tert-OH is 1. The zero-order valence-electron chi connectivity index (χ0n) is 11.8. The Morgan fingerprint density at radius 2 is 1.84 bits per heavy atom. The summed E-state index contributed by atoms with van der Waals surface area (Å²) in [5, 5.41) is 9.43. The first-order valence-electron chi connectivity index (χ1n) is 7.39. The Kier molecular flexibility index (Phi) is 5.67. The highest BCUT2D eigenvalue weighted by Crippen LogP contribution is 2.17. The predicted octanol–water partition coefficient (Wildman–Crippen LogP) is 2.99. The lowest BCUT2D eigenvalue weighted by Gasteiger charge is -2.26. The van der Waals surface area contributed by atoms with Crippen molar-refractivity contribution in [2.75, 3.05) is 26.2 Å². The van der Waals surface area contributed by atoms with Crippen molar-refractivity contribution in [1.29, 1.82) is 0 Å². The van der Waals surface area contributed by atoms with Crippen molar-refractivity contribution in [2.45, 2.75) is 38.7 Å². The molecule has 1 aliphatic heterocycles. The van der Waals surface area contributed by atoms with E-state index in [1.54, 1.807) is 6.92 Å². The highest BCUT2D eigenvalue weighted by Gasteiger charge is 2.09. The Morgan fingerprint density at radius 1 is 1.16 bits per heavy atom. The van der Waals surface area contributed by atoms with Gasteiger partial charge in [-0.15, -0.1) is 0 Å². The third-order valence-electron chi connectivity index (χ3n) is 3.70. The fourth-order valence-corrected chi connectivity index (χ4v) is 2.50. The maximum Gasteiger partial charge on any atom is 0.119 e. The number of likely N-dealkylation sites (tertiary alicyclic amines) is 1. The average Bonchev–Trinajstić information content (AvgIpc) is 2.45. The normalized spacial score (nSPS) is 18.2. The molecule has 0 bridgehead atoms. The van der Waals surface area contributed by atoms with E-state index in [1.807, 2.05) is 24.3 Å². The second-order valence-corrected chi connectivity index (χ2v) is 5.35. The van der Waals surface area contributed by atoms with Crippen molar-refractivity contribution in [3.05, 3.63) is 29.8 Å². The van der Waals surface area contributed by atoms with Gasteiger partial charge in [-0.3, -0.25) is 0 Å². The minimum Gasteiger partial charge on any atom is -0.494 e. The molecule has 0 spiro atoms. The van der Waals surface area contributed by atoms with Gasteiger partial charge in [0.15, 0.2) is 0 Å². The summed E-state index contributed by atoms with van der Waals surface area (Å²) >= 11 is 0. The fourth-order valence-electron chi connectivity index (χ4n) is 2.50. The molecule has 1 unspecified atom stereocenters. The number of piperidine rings is 1. The smallest absolute Gasteiger partial charge is 0.119 e. The molecular formula is C16H25NO2. The van der Waals surface area contributed by atoms with Crippen molar-refractivity contribution in [1.82, 2.24) is 4.90 Å². The number of nitrogens with zero attached hydrogens (tertiary/aromatic N) is 1. The summed E-state index contributed by atoms with van der Waals surface area (Å²) in [5.74, 6) is 0.892. The zero-order valence-corrected chi connectivity index (χ0v) is 11.8. The molecule has 1 fully saturated rings. The third-order valence-corrected chi connectivity index (χ3v) is 3.70. The minimum atomic E-state index is -0.409. The van der Waals surface area contributed by atoms with Crippen LogP contribution in [0.4, 0.5) is 0 Å². The first-order chi connectivity index (χ1) is 9.25. The van der Waals surface area contributed by atoms with Gasteiger partial charge in [0, 0.05) is 6.54 Å². The largest absolute Gasteiger partial charge is 0.494 e. The summed E-state index contributed by atoms with van der Waals surface area (Å²) in [6, 6.07) is 7.71. The van der Waals surface area contributed by atoms with Gasteiger partial charge in [0.1, 0.15) is 5.75 Å². The number of hydrogen-bond acceptors (Lipinski definition) is 3. The van der Waals surface area contributed by atoms with Crippen LogP contribution >= 0.6 is 0 Å². The SMILES string of the molecule is CC(O)c1ccc(OCCCN2CCCCC2)cc1. The van der Waals surface area contributed by atoms with Gasteiger partial charge in [-0.05, 0) is 57.0 Å². The van der Waals surface area contributed by atoms with E-state index in [2.05, 4.69) is 4.90 Å². The lowest BCUT2D eigenvalue weighted by Crippen LogP contribution is -2.31. The van der Waals surface area contributed by atoms with E-state index >= 15 is 0 Å². The van der Waals surface area contributed by atoms with Crippen molar-refractivity contribution >= 4 is 0 Å². The number of benzene rings is 1. The summed E-state index contributed by atoms with van der Waals surface area (Å²) < 4.78 is 5.72. The van der Waals surface area contributed by atoms with E-state index < -0.39 is 6.10 Å². The summed E-state index contributed by atoms with van der Waals surface area (Å²) in [4.78, 5) is 2.53. The van der Waals surface area contributed by atoms with Gasteiger partial charge in [0.25, 0.3) is 0 Å². The first kappa shape index (κ1) is 14.4. The van der Waals surface area contributed by atoms with E-state index in [0.717, 1.165) is 30.9 Å². The van der Waals surface area contributed by atoms with Gasteiger partial charge in [-0.2, -0.15) is 0 Å². The number of hydrogen-bond donors (Lipinski definition) is 1. The molecular weight excluding hydrogens is 238 g/mol. The molecule has 0 aromatic heterocycles. The standard InChI is InChI=1S/C16H25NO2/c1-14(18)15-6-8-16(9-7-15)19-13-5-12-17-10-3-2-4-11-17/h6-9,14,18H,2-5,10-13H2,1H3. The molecule has 1 heterocycles. The molecule has 3 nitrogen and oxygen atoms in total. The van der Waals surface area contributed by atoms with E-state index in [1.165, 1.54) is 32.4 Å². The van der Waals surface area contributed by atoms with Crippen LogP contribution < -0.4 is 4.74 Å². The lowest BCUT2D eigenvalue weighted by atomic mass is 10.1. The highest BCUT2D eigenvalue weighted by molar-refractivity contribution is 5.28. The van der Waals surface area contributed by atoms with E-state index in [0.29, 0.717) is 0 Å². The molecule has 3 heteroatoms. The molecule has 19 heavy (non-hydrogen) atoms. The predicted molar refractivity (Wildman–Crippen MR) is 77.5 cm³/mol. The van der Waals surface area contributed by atoms with Crippen LogP contribution in [0.3, 0.4) is 0 Å². The van der Waals surface area contributed by atoms with E-state index in [4.69, 9.17) is 4.74 Å². The molecule has 1 atom stereocenters. The molecule has 0 radical (unpaired) electrons. The minimum absolute atomic E-state index is 0.409. The van der Waals surface area contributed by atoms with Crippen LogP contribution in [0.5, 0.6) is 5.75 Å². The van der Waals surface area contributed by atoms with Crippen LogP contribution in [0.25, 0.3) is 0 Å². The molecule has 0 aliphatic carbocycles. The van der Waals surface area contributed by atoms with Crippen molar-refractivity contribution in [3.63, 3.8) is 0 Å². The monoisotopic (exact) mass is 263 g/mol. The van der Waals surface area contributed by atoms with Gasteiger partial charge >= 0.3 is 0 Å². The highest BCUT2D eigenvalue weighted by atomic mass is 16.5. The van der Waals surface area contributed by atoms with Crippen molar-refractivity contribution in [3.8, 4) is 5.75 Å². The average molecular weight is 263 g/mol. The Hall–Kier alpha value is -1.06. The molecule has 1 aromatic carbocycles. The number of ether oxygens (including phenoxy) is 1. The van der Waals surface area contributed by atoms with Crippen LogP contribution in [0, 0.1) is 0 Å². The van der Waals surface area contributed by atoms with Gasteiger partial charge in [0.05, 0.1) is 12.7 Å². The number of rotatable bonds is 6. The molecule has 1 N–H and O–H groups in total. The van der Waals surface area contributed by atoms with Crippen molar-refractivity contribution < 1.29 is 9.84 Å². The maximum atomic E-state index is 9.43. The Morgan fingerprint density at radius 3 is 2.47 bits per heavy atom. The molecule has 0 saturated carbocycles. The zero-order chi connectivity index (χ0) is 13.5. The third kappa shape index (κ3) is 4.84. The molecule has 106 valence electrons. The summed E-state index contributed by atoms with van der Waals surface area (Å²) in [5.41, 5.74) is 0.931. The molecule has 1 aromatic rings. The van der Waals surface area contributed by atoms with Crippen LogP contribution in [-0.2, 0) is 0 Å². The Labute approximate surface area is 116 Å². The van der Waals surface area contributed by atoms with Gasteiger partial charge in [-0.25, -0.2) is 0 Å². The molecule has 1 aliphatic rings. The van der Waals surface area contributed by atoms with Gasteiger partial charge < -0.3 is 14.7 Å². The Bertz CT molecular complexity index is 356. The summed E-state index contributed by atoms with van der Waals surface area (Å²) in [6.45, 7) is 6.19. The summed E-state index contributed by atoms with van der Waals surface area (Å²) in [6.07, 6.45) is 4.76. The topological polar surface area (TPSA) is 32.7 Å². The molecule has 1 saturated heterocycles. The van der Waals surface area contributed by atoms with Crippen LogP contribution in [0.15, 0.2) is 24.3 Å². The van der Waals surface area contributed by atoms with Crippen LogP contribution in [0.2, 0.25) is 0 Å². The van der Waals surface area contributed by atoms with Crippen molar-refractivity contribution in [2.24, 2.45) is 0 Å². The van der Waals surface area contributed by atoms with Crippen LogP contribution in [-0.4, -0.2) is 36.2 Å². The maximum absolute atomic E-state index is 9.43. The second kappa shape index (κ2) is 7.51. The fraction of sp³-hybridized carbons (Fsp3) is 0.625. The quantitative estimate of drug-likeness (QED) is 0.801. The molecule has 0 amide bonds. The van der Waals surface area contributed by atoms with E-state index in [-0.39, 0.29) is 0 Å². The van der Waals surface area contributed by atoms with E-state index in [9.17, 15) is 5.11 Å². The first-order valence-corrected chi connectivity index (χ1v) is 7.39.